The van der Waals surface area contributed by atoms with Crippen molar-refractivity contribution in [3.63, 3.8) is 0 Å². The summed E-state index contributed by atoms with van der Waals surface area (Å²) in [5.41, 5.74) is 1.82. The van der Waals surface area contributed by atoms with Crippen LogP contribution in [0.3, 0.4) is 0 Å². The van der Waals surface area contributed by atoms with Gasteiger partial charge in [-0.2, -0.15) is 0 Å². The van der Waals surface area contributed by atoms with Gasteiger partial charge in [0.05, 0.1) is 30.6 Å². The molecular weight excluding hydrogens is 496 g/mol. The van der Waals surface area contributed by atoms with Gasteiger partial charge < -0.3 is 14.4 Å². The Bertz CT molecular complexity index is 1260. The Kier molecular flexibility index (Phi) is 8.32. The minimum absolute atomic E-state index is 0. The molecule has 200 valence electrons. The van der Waals surface area contributed by atoms with E-state index in [1.165, 1.54) is 42.2 Å². The summed E-state index contributed by atoms with van der Waals surface area (Å²) in [6.07, 6.45) is -1.45. The molecule has 2 aromatic rings. The van der Waals surface area contributed by atoms with Crippen LogP contribution < -0.4 is 10.3 Å². The van der Waals surface area contributed by atoms with E-state index in [1.807, 2.05) is 10.3 Å². The number of sulfonamides is 1. The van der Waals surface area contributed by atoms with Gasteiger partial charge in [0.25, 0.3) is 5.91 Å². The molecular formula is C24H33F2N3O6S. The molecule has 0 aliphatic carbocycles. The SMILES string of the molecule is Cc1cc(-c2cccc(F)c2)cc(C(=O)NNS(=O)(=O)CC2CN(C(=O)OC(C)(C)C)CCO2)c1F.[HH].[HH]. The summed E-state index contributed by atoms with van der Waals surface area (Å²) < 4.78 is 64.1. The molecule has 0 spiro atoms. The van der Waals surface area contributed by atoms with Crippen molar-refractivity contribution in [2.24, 2.45) is 0 Å². The first kappa shape index (κ1) is 27.5. The Balaban J connectivity index is 0.00000361. The molecule has 1 saturated heterocycles. The molecule has 1 fully saturated rings. The third kappa shape index (κ3) is 7.45. The molecule has 9 nitrogen and oxygen atoms in total. The van der Waals surface area contributed by atoms with Crippen LogP contribution in [0.15, 0.2) is 36.4 Å². The van der Waals surface area contributed by atoms with Crippen molar-refractivity contribution in [1.82, 2.24) is 15.2 Å². The van der Waals surface area contributed by atoms with Crippen LogP contribution in [-0.4, -0.2) is 62.5 Å². The summed E-state index contributed by atoms with van der Waals surface area (Å²) in [6.45, 7) is 6.94. The Morgan fingerprint density at radius 1 is 1.19 bits per heavy atom. The summed E-state index contributed by atoms with van der Waals surface area (Å²) in [7, 11) is -4.12. The van der Waals surface area contributed by atoms with E-state index in [1.54, 1.807) is 26.8 Å². The van der Waals surface area contributed by atoms with Crippen molar-refractivity contribution in [1.29, 1.82) is 0 Å². The van der Waals surface area contributed by atoms with Gasteiger partial charge in [0, 0.05) is 9.40 Å². The molecule has 36 heavy (non-hydrogen) atoms. The lowest BCUT2D eigenvalue weighted by Gasteiger charge is -2.34. The van der Waals surface area contributed by atoms with Crippen LogP contribution in [-0.2, 0) is 19.5 Å². The molecule has 1 heterocycles. The number of morpholine rings is 1. The van der Waals surface area contributed by atoms with Gasteiger partial charge in [-0.25, -0.2) is 22.0 Å². The lowest BCUT2D eigenvalue weighted by atomic mass is 9.99. The number of rotatable bonds is 6. The number of halogens is 2. The Morgan fingerprint density at radius 3 is 2.58 bits per heavy atom. The number of benzene rings is 2. The van der Waals surface area contributed by atoms with Gasteiger partial charge in [-0.1, -0.05) is 12.1 Å². The zero-order valence-corrected chi connectivity index (χ0v) is 21.2. The highest BCUT2D eigenvalue weighted by Gasteiger charge is 2.31. The Labute approximate surface area is 211 Å². The van der Waals surface area contributed by atoms with Gasteiger partial charge >= 0.3 is 6.09 Å². The summed E-state index contributed by atoms with van der Waals surface area (Å²) in [5.74, 6) is -2.92. The predicted molar refractivity (Wildman–Crippen MR) is 133 cm³/mol. The van der Waals surface area contributed by atoms with Crippen LogP contribution in [0.1, 0.15) is 39.5 Å². The highest BCUT2D eigenvalue weighted by atomic mass is 32.2. The Morgan fingerprint density at radius 2 is 1.92 bits per heavy atom. The molecule has 0 saturated carbocycles. The molecule has 3 rings (SSSR count). The van der Waals surface area contributed by atoms with E-state index in [4.69, 9.17) is 9.47 Å². The molecule has 1 atom stereocenters. The van der Waals surface area contributed by atoms with Gasteiger partial charge in [0.1, 0.15) is 17.2 Å². The Hall–Kier alpha value is -3.09. The van der Waals surface area contributed by atoms with Crippen molar-refractivity contribution < 1.29 is 39.1 Å². The predicted octanol–water partition coefficient (Wildman–Crippen LogP) is 3.63. The van der Waals surface area contributed by atoms with E-state index in [0.29, 0.717) is 11.1 Å². The summed E-state index contributed by atoms with van der Waals surface area (Å²) >= 11 is 0. The first-order valence-corrected chi connectivity index (χ1v) is 12.8. The van der Waals surface area contributed by atoms with Crippen molar-refractivity contribution in [2.45, 2.75) is 39.4 Å². The second kappa shape index (κ2) is 10.9. The van der Waals surface area contributed by atoms with Crippen LogP contribution in [0.2, 0.25) is 0 Å². The van der Waals surface area contributed by atoms with Crippen LogP contribution in [0.5, 0.6) is 0 Å². The van der Waals surface area contributed by atoms with Crippen molar-refractivity contribution in [3.05, 3.63) is 59.2 Å². The highest BCUT2D eigenvalue weighted by molar-refractivity contribution is 7.89. The fourth-order valence-electron chi connectivity index (χ4n) is 3.56. The number of hydrazine groups is 1. The third-order valence-corrected chi connectivity index (χ3v) is 6.40. The molecule has 2 amide bonds. The van der Waals surface area contributed by atoms with Gasteiger partial charge in [0.2, 0.25) is 10.0 Å². The molecule has 2 N–H and O–H groups in total. The van der Waals surface area contributed by atoms with Gasteiger partial charge in [-0.3, -0.25) is 10.2 Å². The zero-order valence-electron chi connectivity index (χ0n) is 20.4. The van der Waals surface area contributed by atoms with Gasteiger partial charge in [0.15, 0.2) is 0 Å². The van der Waals surface area contributed by atoms with Crippen LogP contribution in [0.4, 0.5) is 13.6 Å². The van der Waals surface area contributed by atoms with Gasteiger partial charge in [-0.15, -0.1) is 4.83 Å². The molecule has 0 radical (unpaired) electrons. The number of nitrogens with zero attached hydrogens (tertiary/aromatic N) is 1. The van der Waals surface area contributed by atoms with E-state index < -0.39 is 56.7 Å². The van der Waals surface area contributed by atoms with Crippen molar-refractivity contribution in [3.8, 4) is 11.1 Å². The second-order valence-electron chi connectivity index (χ2n) is 9.42. The number of nitrogens with one attached hydrogen (secondary N) is 2. The monoisotopic (exact) mass is 529 g/mol. The number of hydrogen-bond donors (Lipinski definition) is 2. The lowest BCUT2D eigenvalue weighted by Crippen LogP contribution is -2.51. The topological polar surface area (TPSA) is 114 Å². The molecule has 1 unspecified atom stereocenters. The molecule has 2 aromatic carbocycles. The van der Waals surface area contributed by atoms with E-state index in [2.05, 4.69) is 0 Å². The molecule has 1 aliphatic heterocycles. The van der Waals surface area contributed by atoms with Crippen LogP contribution >= 0.6 is 0 Å². The fraction of sp³-hybridized carbons (Fsp3) is 0.417. The normalized spacial score (nSPS) is 16.5. The van der Waals surface area contributed by atoms with E-state index in [9.17, 15) is 26.8 Å². The molecule has 0 bridgehead atoms. The van der Waals surface area contributed by atoms with Crippen LogP contribution in [0, 0.1) is 18.6 Å². The summed E-state index contributed by atoms with van der Waals surface area (Å²) in [5, 5.41) is 0. The first-order chi connectivity index (χ1) is 16.7. The average Bonchev–Trinajstić information content (AvgIpc) is 2.78. The number of amides is 2. The largest absolute Gasteiger partial charge is 0.444 e. The van der Waals surface area contributed by atoms with Crippen LogP contribution in [0.25, 0.3) is 11.1 Å². The average molecular weight is 530 g/mol. The number of carbonyl (C=O) groups is 2. The number of aryl methyl sites for hydroxylation is 1. The molecule has 1 aliphatic rings. The lowest BCUT2D eigenvalue weighted by molar-refractivity contribution is -0.0343. The fourth-order valence-corrected chi connectivity index (χ4v) is 4.58. The number of ether oxygens (including phenoxy) is 2. The van der Waals surface area contributed by atoms with E-state index in [0.717, 1.165) is 0 Å². The molecule has 12 heteroatoms. The highest BCUT2D eigenvalue weighted by Crippen LogP contribution is 2.25. The standard InChI is InChI=1S/C24H29F2N3O6S.2H2/c1-15-10-17(16-6-5-7-18(25)11-16)12-20(21(15)26)22(30)27-28-36(32,33)14-19-13-29(8-9-34-19)23(31)35-24(2,3)4;;/h5-7,10-12,19,28H,8-9,13-14H2,1-4H3,(H,27,30);2*1H. The first-order valence-electron chi connectivity index (χ1n) is 11.2. The molecule has 0 aromatic heterocycles. The summed E-state index contributed by atoms with van der Waals surface area (Å²) in [4.78, 5) is 28.2. The second-order valence-corrected chi connectivity index (χ2v) is 11.2. The third-order valence-electron chi connectivity index (χ3n) is 5.17. The van der Waals surface area contributed by atoms with E-state index in [-0.39, 0.29) is 28.1 Å². The maximum atomic E-state index is 14.7. The summed E-state index contributed by atoms with van der Waals surface area (Å²) in [6, 6.07) is 8.25. The number of hydrogen-bond acceptors (Lipinski definition) is 6. The minimum atomic E-state index is -4.12. The zero-order chi connectivity index (χ0) is 26.7. The maximum Gasteiger partial charge on any atom is 0.410 e. The van der Waals surface area contributed by atoms with Gasteiger partial charge in [-0.05, 0) is 68.7 Å². The van der Waals surface area contributed by atoms with E-state index >= 15 is 0 Å². The quantitative estimate of drug-likeness (QED) is 0.553. The smallest absolute Gasteiger partial charge is 0.410 e. The van der Waals surface area contributed by atoms with Crippen molar-refractivity contribution >= 4 is 22.0 Å². The maximum absolute atomic E-state index is 14.7. The van der Waals surface area contributed by atoms with Crippen molar-refractivity contribution in [2.75, 3.05) is 25.4 Å². The minimum Gasteiger partial charge on any atom is -0.444 e. The number of carbonyl (C=O) groups excluding carboxylic acids is 2.